The van der Waals surface area contributed by atoms with Crippen LogP contribution in [0.3, 0.4) is 0 Å². The fraction of sp³-hybridized carbons (Fsp3) is 0. The maximum atomic E-state index is 4.86. The number of rotatable bonds is 0. The summed E-state index contributed by atoms with van der Waals surface area (Å²) in [6.45, 7) is 0. The summed E-state index contributed by atoms with van der Waals surface area (Å²) in [6.07, 6.45) is 3.76. The molecule has 2 aromatic carbocycles. The lowest BCUT2D eigenvalue weighted by Gasteiger charge is -2.08. The van der Waals surface area contributed by atoms with Gasteiger partial charge in [-0.15, -0.1) is 0 Å². The second-order valence-corrected chi connectivity index (χ2v) is 6.26. The summed E-state index contributed by atoms with van der Waals surface area (Å²) in [5.41, 5.74) is 4.24. The molecular weight excluding hydrogens is 338 g/mol. The molecule has 0 fully saturated rings. The molecule has 0 radical (unpaired) electrons. The van der Waals surface area contributed by atoms with E-state index in [2.05, 4.69) is 67.8 Å². The molecule has 0 N–H and O–H groups in total. The molecular formula is C18H10BrN3. The average Bonchev–Trinajstić information content (AvgIpc) is 2.95. The molecule has 0 spiro atoms. The van der Waals surface area contributed by atoms with Crippen molar-refractivity contribution in [3.8, 4) is 0 Å². The Morgan fingerprint density at radius 2 is 1.77 bits per heavy atom. The highest BCUT2D eigenvalue weighted by Gasteiger charge is 2.13. The van der Waals surface area contributed by atoms with Gasteiger partial charge in [-0.05, 0) is 35.7 Å². The second kappa shape index (κ2) is 4.27. The van der Waals surface area contributed by atoms with Crippen molar-refractivity contribution in [1.82, 2.24) is 14.4 Å². The van der Waals surface area contributed by atoms with Crippen molar-refractivity contribution in [2.45, 2.75) is 0 Å². The fourth-order valence-corrected chi connectivity index (χ4v) is 3.54. The number of hydrogen-bond acceptors (Lipinski definition) is 2. The topological polar surface area (TPSA) is 30.2 Å². The molecule has 0 bridgehead atoms. The molecule has 0 atom stereocenters. The molecule has 3 nitrogen and oxygen atoms in total. The molecule has 0 aliphatic rings. The van der Waals surface area contributed by atoms with Gasteiger partial charge >= 0.3 is 0 Å². The van der Waals surface area contributed by atoms with Crippen LogP contribution < -0.4 is 0 Å². The molecule has 4 heteroatoms. The Hall–Kier alpha value is -2.46. The highest BCUT2D eigenvalue weighted by atomic mass is 79.9. The van der Waals surface area contributed by atoms with Gasteiger partial charge < -0.3 is 0 Å². The molecule has 22 heavy (non-hydrogen) atoms. The van der Waals surface area contributed by atoms with Crippen molar-refractivity contribution in [3.05, 3.63) is 65.4 Å². The lowest BCUT2D eigenvalue weighted by molar-refractivity contribution is 1.28. The van der Waals surface area contributed by atoms with Gasteiger partial charge in [0.05, 0.1) is 16.6 Å². The van der Waals surface area contributed by atoms with Crippen LogP contribution >= 0.6 is 15.9 Å². The van der Waals surface area contributed by atoms with Crippen LogP contribution in [0.5, 0.6) is 0 Å². The summed E-state index contributed by atoms with van der Waals surface area (Å²) in [7, 11) is 0. The van der Waals surface area contributed by atoms with Gasteiger partial charge in [-0.25, -0.2) is 4.98 Å². The van der Waals surface area contributed by atoms with E-state index in [-0.39, 0.29) is 0 Å². The first-order chi connectivity index (χ1) is 10.8. The van der Waals surface area contributed by atoms with Crippen LogP contribution in [-0.2, 0) is 0 Å². The van der Waals surface area contributed by atoms with E-state index in [0.717, 1.165) is 37.4 Å². The zero-order valence-electron chi connectivity index (χ0n) is 11.5. The number of nitrogens with zero attached hydrogens (tertiary/aromatic N) is 3. The van der Waals surface area contributed by atoms with Gasteiger partial charge in [0, 0.05) is 27.6 Å². The van der Waals surface area contributed by atoms with Crippen LogP contribution in [-0.4, -0.2) is 14.4 Å². The van der Waals surface area contributed by atoms with Crippen LogP contribution in [0, 0.1) is 0 Å². The Morgan fingerprint density at radius 3 is 2.73 bits per heavy atom. The number of aromatic nitrogens is 3. The molecule has 5 rings (SSSR count). The summed E-state index contributed by atoms with van der Waals surface area (Å²) in [4.78, 5) is 9.17. The van der Waals surface area contributed by atoms with Crippen molar-refractivity contribution >= 4 is 54.3 Å². The summed E-state index contributed by atoms with van der Waals surface area (Å²) < 4.78 is 3.28. The number of hydrogen-bond donors (Lipinski definition) is 0. The van der Waals surface area contributed by atoms with Crippen molar-refractivity contribution in [2.24, 2.45) is 0 Å². The first kappa shape index (κ1) is 12.1. The molecule has 3 aromatic heterocycles. The molecule has 0 aliphatic carbocycles. The number of pyridine rings is 2. The number of halogens is 1. The van der Waals surface area contributed by atoms with Crippen molar-refractivity contribution in [2.75, 3.05) is 0 Å². The van der Waals surface area contributed by atoms with Gasteiger partial charge in [0.2, 0.25) is 0 Å². The van der Waals surface area contributed by atoms with Gasteiger partial charge in [0.25, 0.3) is 0 Å². The van der Waals surface area contributed by atoms with Crippen molar-refractivity contribution < 1.29 is 0 Å². The molecule has 0 aliphatic heterocycles. The van der Waals surface area contributed by atoms with Gasteiger partial charge in [0.1, 0.15) is 5.65 Å². The van der Waals surface area contributed by atoms with E-state index in [4.69, 9.17) is 4.98 Å². The van der Waals surface area contributed by atoms with E-state index in [1.165, 1.54) is 5.39 Å². The third-order valence-electron chi connectivity index (χ3n) is 4.11. The summed E-state index contributed by atoms with van der Waals surface area (Å²) in [5.74, 6) is 0. The maximum Gasteiger partial charge on any atom is 0.146 e. The maximum absolute atomic E-state index is 4.86. The second-order valence-electron chi connectivity index (χ2n) is 5.34. The van der Waals surface area contributed by atoms with E-state index >= 15 is 0 Å². The zero-order chi connectivity index (χ0) is 14.7. The van der Waals surface area contributed by atoms with Crippen LogP contribution in [0.1, 0.15) is 0 Å². The number of benzene rings is 2. The van der Waals surface area contributed by atoms with Crippen LogP contribution in [0.2, 0.25) is 0 Å². The summed E-state index contributed by atoms with van der Waals surface area (Å²) in [6, 6.07) is 16.6. The standard InChI is InChI=1S/C18H10BrN3/c19-11-5-6-12-13(9-11)18-21-15-3-1-2-4-17(15)22(18)16-7-8-20-10-14(12)16/h1-10H. The Bertz CT molecular complexity index is 1190. The van der Waals surface area contributed by atoms with Gasteiger partial charge in [0.15, 0.2) is 0 Å². The third-order valence-corrected chi connectivity index (χ3v) is 4.61. The van der Waals surface area contributed by atoms with E-state index in [1.807, 2.05) is 18.5 Å². The minimum absolute atomic E-state index is 0.983. The molecule has 0 saturated carbocycles. The predicted octanol–water partition coefficient (Wildman–Crippen LogP) is 4.95. The third kappa shape index (κ3) is 1.50. The molecule has 5 aromatic rings. The highest BCUT2D eigenvalue weighted by Crippen LogP contribution is 2.33. The smallest absolute Gasteiger partial charge is 0.146 e. The van der Waals surface area contributed by atoms with Crippen LogP contribution in [0.15, 0.2) is 65.4 Å². The average molecular weight is 348 g/mol. The molecule has 0 amide bonds. The summed E-state index contributed by atoms with van der Waals surface area (Å²) in [5, 5.41) is 3.45. The number of imidazole rings is 1. The predicted molar refractivity (Wildman–Crippen MR) is 93.2 cm³/mol. The highest BCUT2D eigenvalue weighted by molar-refractivity contribution is 9.10. The monoisotopic (exact) mass is 347 g/mol. The zero-order valence-corrected chi connectivity index (χ0v) is 13.1. The quantitative estimate of drug-likeness (QED) is 0.371. The first-order valence-electron chi connectivity index (χ1n) is 7.05. The minimum Gasteiger partial charge on any atom is -0.292 e. The van der Waals surface area contributed by atoms with Gasteiger partial charge in [-0.1, -0.05) is 34.1 Å². The molecule has 0 unspecified atom stereocenters. The fourth-order valence-electron chi connectivity index (χ4n) is 3.18. The molecule has 104 valence electrons. The number of fused-ring (bicyclic) bond motifs is 8. The van der Waals surface area contributed by atoms with Crippen molar-refractivity contribution in [3.63, 3.8) is 0 Å². The molecule has 3 heterocycles. The van der Waals surface area contributed by atoms with Crippen LogP contribution in [0.4, 0.5) is 0 Å². The first-order valence-corrected chi connectivity index (χ1v) is 7.84. The summed E-state index contributed by atoms with van der Waals surface area (Å²) >= 11 is 3.57. The molecule has 0 saturated heterocycles. The minimum atomic E-state index is 0.983. The van der Waals surface area contributed by atoms with E-state index in [9.17, 15) is 0 Å². The normalized spacial score (nSPS) is 11.9. The Morgan fingerprint density at radius 1 is 0.864 bits per heavy atom. The van der Waals surface area contributed by atoms with Gasteiger partial charge in [-0.3, -0.25) is 9.38 Å². The van der Waals surface area contributed by atoms with E-state index in [0.29, 0.717) is 0 Å². The van der Waals surface area contributed by atoms with E-state index < -0.39 is 0 Å². The SMILES string of the molecule is Brc1ccc2c3cnccc3n3c4ccccc4nc3c2c1. The number of para-hydroxylation sites is 2. The van der Waals surface area contributed by atoms with Crippen molar-refractivity contribution in [1.29, 1.82) is 0 Å². The Labute approximate surface area is 134 Å². The lowest BCUT2D eigenvalue weighted by Crippen LogP contribution is -1.92. The van der Waals surface area contributed by atoms with E-state index in [1.54, 1.807) is 0 Å². The Balaban J connectivity index is 2.23. The Kier molecular flexibility index (Phi) is 2.35. The lowest BCUT2D eigenvalue weighted by atomic mass is 10.1. The largest absolute Gasteiger partial charge is 0.292 e. The van der Waals surface area contributed by atoms with Gasteiger partial charge in [-0.2, -0.15) is 0 Å². The van der Waals surface area contributed by atoms with Crippen LogP contribution in [0.25, 0.3) is 38.4 Å².